The predicted octanol–water partition coefficient (Wildman–Crippen LogP) is 7.30. The second kappa shape index (κ2) is 11.3. The molecule has 0 atom stereocenters. The Bertz CT molecular complexity index is 1430. The second-order valence-corrected chi connectivity index (χ2v) is 9.59. The molecule has 4 aromatic rings. The number of nitrogens with zero attached hydrogens (tertiary/aromatic N) is 2. The number of amides is 1. The van der Waals surface area contributed by atoms with E-state index in [0.717, 1.165) is 39.3 Å². The number of pyridine rings is 1. The Morgan fingerprint density at radius 1 is 1.03 bits per heavy atom. The molecule has 4 rings (SSSR count). The van der Waals surface area contributed by atoms with Gasteiger partial charge < -0.3 is 10.1 Å². The quantitative estimate of drug-likeness (QED) is 0.262. The van der Waals surface area contributed by atoms with E-state index in [1.165, 1.54) is 11.8 Å². The maximum atomic E-state index is 12.8. The first-order valence-electron chi connectivity index (χ1n) is 11.2. The lowest BCUT2D eigenvalue weighted by Crippen LogP contribution is -2.16. The van der Waals surface area contributed by atoms with Crippen molar-refractivity contribution in [3.8, 4) is 34.2 Å². The van der Waals surface area contributed by atoms with E-state index in [1.807, 2.05) is 74.5 Å². The summed E-state index contributed by atoms with van der Waals surface area (Å²) in [6.07, 6.45) is 0. The third-order valence-electron chi connectivity index (χ3n) is 5.72. The Morgan fingerprint density at radius 2 is 1.67 bits per heavy atom. The Balaban J connectivity index is 1.70. The summed E-state index contributed by atoms with van der Waals surface area (Å²) in [5.41, 5.74) is 6.36. The van der Waals surface area contributed by atoms with Crippen LogP contribution in [0.25, 0.3) is 22.4 Å². The lowest BCUT2D eigenvalue weighted by atomic mass is 9.99. The number of para-hydroxylation sites is 1. The van der Waals surface area contributed by atoms with Crippen molar-refractivity contribution in [2.24, 2.45) is 0 Å². The molecule has 0 saturated heterocycles. The van der Waals surface area contributed by atoms with Gasteiger partial charge in [-0.15, -0.1) is 0 Å². The highest BCUT2D eigenvalue weighted by atomic mass is 35.5. The minimum atomic E-state index is -0.161. The monoisotopic (exact) mass is 513 g/mol. The fourth-order valence-electron chi connectivity index (χ4n) is 3.82. The summed E-state index contributed by atoms with van der Waals surface area (Å²) in [5, 5.41) is 14.2. The van der Waals surface area contributed by atoms with E-state index in [1.54, 1.807) is 19.2 Å². The molecule has 0 spiro atoms. The first-order valence-corrected chi connectivity index (χ1v) is 12.6. The number of hydrogen-bond acceptors (Lipinski definition) is 5. The Kier molecular flexibility index (Phi) is 7.94. The van der Waals surface area contributed by atoms with Gasteiger partial charge in [0.15, 0.2) is 0 Å². The van der Waals surface area contributed by atoms with Crippen LogP contribution in [0.15, 0.2) is 77.8 Å². The van der Waals surface area contributed by atoms with Crippen molar-refractivity contribution in [1.82, 2.24) is 4.98 Å². The summed E-state index contributed by atoms with van der Waals surface area (Å²) in [6, 6.07) is 25.0. The molecule has 1 amide bonds. The Hall–Kier alpha value is -3.79. The van der Waals surface area contributed by atoms with E-state index in [0.29, 0.717) is 21.3 Å². The molecule has 1 heterocycles. The van der Waals surface area contributed by atoms with Crippen LogP contribution >= 0.6 is 23.4 Å². The summed E-state index contributed by atoms with van der Waals surface area (Å²) in [7, 11) is 1.62. The molecular weight excluding hydrogens is 490 g/mol. The molecule has 7 heteroatoms. The molecule has 0 aliphatic rings. The van der Waals surface area contributed by atoms with Gasteiger partial charge in [0, 0.05) is 21.8 Å². The van der Waals surface area contributed by atoms with Gasteiger partial charge in [-0.2, -0.15) is 5.26 Å². The summed E-state index contributed by atoms with van der Waals surface area (Å²) in [5.74, 6) is 0.691. The van der Waals surface area contributed by atoms with Crippen molar-refractivity contribution in [2.45, 2.75) is 18.9 Å². The van der Waals surface area contributed by atoms with E-state index >= 15 is 0 Å². The predicted molar refractivity (Wildman–Crippen MR) is 147 cm³/mol. The van der Waals surface area contributed by atoms with E-state index in [2.05, 4.69) is 11.4 Å². The zero-order valence-electron chi connectivity index (χ0n) is 20.1. The lowest BCUT2D eigenvalue weighted by Gasteiger charge is -2.14. The number of rotatable bonds is 7. The van der Waals surface area contributed by atoms with Crippen molar-refractivity contribution in [3.05, 3.63) is 94.5 Å². The number of thioether (sulfide) groups is 1. The van der Waals surface area contributed by atoms with Crippen LogP contribution < -0.4 is 10.1 Å². The molecular formula is C29H24ClN3O2S. The Labute approximate surface area is 220 Å². The number of aryl methyl sites for hydroxylation is 2. The van der Waals surface area contributed by atoms with Crippen LogP contribution in [0.3, 0.4) is 0 Å². The number of methoxy groups -OCH3 is 1. The molecule has 180 valence electrons. The molecule has 0 unspecified atom stereocenters. The summed E-state index contributed by atoms with van der Waals surface area (Å²) >= 11 is 7.34. The highest BCUT2D eigenvalue weighted by molar-refractivity contribution is 8.00. The van der Waals surface area contributed by atoms with Crippen LogP contribution in [0.1, 0.15) is 16.7 Å². The molecule has 0 saturated carbocycles. The number of halogens is 1. The molecule has 0 fully saturated rings. The molecule has 0 aliphatic carbocycles. The number of ether oxygens (including phenoxy) is 1. The second-order valence-electron chi connectivity index (χ2n) is 8.19. The normalized spacial score (nSPS) is 10.5. The highest BCUT2D eigenvalue weighted by Crippen LogP contribution is 2.35. The van der Waals surface area contributed by atoms with Gasteiger partial charge >= 0.3 is 0 Å². The average Bonchev–Trinajstić information content (AvgIpc) is 2.89. The highest BCUT2D eigenvalue weighted by Gasteiger charge is 2.18. The number of nitriles is 1. The van der Waals surface area contributed by atoms with Crippen LogP contribution in [0.4, 0.5) is 5.69 Å². The van der Waals surface area contributed by atoms with E-state index < -0.39 is 0 Å². The molecule has 0 bridgehead atoms. The number of aromatic nitrogens is 1. The summed E-state index contributed by atoms with van der Waals surface area (Å²) in [4.78, 5) is 17.6. The zero-order chi connectivity index (χ0) is 25.7. The lowest BCUT2D eigenvalue weighted by molar-refractivity contribution is -0.113. The van der Waals surface area contributed by atoms with Crippen LogP contribution in [-0.2, 0) is 4.79 Å². The van der Waals surface area contributed by atoms with Gasteiger partial charge in [-0.25, -0.2) is 4.98 Å². The molecule has 3 aromatic carbocycles. The van der Waals surface area contributed by atoms with Crippen LogP contribution in [0, 0.1) is 25.2 Å². The molecule has 0 aliphatic heterocycles. The number of benzene rings is 3. The molecule has 36 heavy (non-hydrogen) atoms. The molecule has 1 aromatic heterocycles. The number of carbonyl (C=O) groups excluding carboxylic acids is 1. The summed E-state index contributed by atoms with van der Waals surface area (Å²) in [6.45, 7) is 3.92. The van der Waals surface area contributed by atoms with Gasteiger partial charge in [0.25, 0.3) is 0 Å². The largest absolute Gasteiger partial charge is 0.497 e. The van der Waals surface area contributed by atoms with Crippen molar-refractivity contribution >= 4 is 35.0 Å². The van der Waals surface area contributed by atoms with Crippen LogP contribution in [0.5, 0.6) is 5.75 Å². The van der Waals surface area contributed by atoms with Gasteiger partial charge in [0.1, 0.15) is 16.8 Å². The summed E-state index contributed by atoms with van der Waals surface area (Å²) < 4.78 is 5.28. The van der Waals surface area contributed by atoms with Crippen LogP contribution in [0.2, 0.25) is 5.02 Å². The average molecular weight is 514 g/mol. The SMILES string of the molecule is COc1ccc(-c2cc(-c3ccc(Cl)cc3)c(C#N)c(SCC(=O)Nc3c(C)cccc3C)n2)cc1. The number of carbonyl (C=O) groups is 1. The fraction of sp³-hybridized carbons (Fsp3) is 0.138. The molecule has 5 nitrogen and oxygen atoms in total. The van der Waals surface area contributed by atoms with Crippen molar-refractivity contribution in [1.29, 1.82) is 5.26 Å². The third kappa shape index (κ3) is 5.71. The third-order valence-corrected chi connectivity index (χ3v) is 6.95. The van der Waals surface area contributed by atoms with Crippen molar-refractivity contribution in [3.63, 3.8) is 0 Å². The van der Waals surface area contributed by atoms with Gasteiger partial charge in [0.05, 0.1) is 24.1 Å². The minimum absolute atomic E-state index is 0.113. The first kappa shape index (κ1) is 25.3. The first-order chi connectivity index (χ1) is 17.4. The van der Waals surface area contributed by atoms with Crippen molar-refractivity contribution < 1.29 is 9.53 Å². The maximum Gasteiger partial charge on any atom is 0.234 e. The maximum absolute atomic E-state index is 12.8. The van der Waals surface area contributed by atoms with E-state index in [-0.39, 0.29) is 11.7 Å². The molecule has 1 N–H and O–H groups in total. The van der Waals surface area contributed by atoms with Crippen LogP contribution in [-0.4, -0.2) is 23.8 Å². The topological polar surface area (TPSA) is 75.0 Å². The number of hydrogen-bond donors (Lipinski definition) is 1. The van der Waals surface area contributed by atoms with E-state index in [4.69, 9.17) is 21.3 Å². The van der Waals surface area contributed by atoms with Gasteiger partial charge in [-0.05, 0) is 73.0 Å². The van der Waals surface area contributed by atoms with Gasteiger partial charge in [-0.3, -0.25) is 4.79 Å². The number of anilines is 1. The Morgan fingerprint density at radius 3 is 2.28 bits per heavy atom. The van der Waals surface area contributed by atoms with Gasteiger partial charge in [-0.1, -0.05) is 53.7 Å². The smallest absolute Gasteiger partial charge is 0.234 e. The fourth-order valence-corrected chi connectivity index (χ4v) is 4.75. The molecule has 0 radical (unpaired) electrons. The standard InChI is InChI=1S/C29H24ClN3O2S/c1-18-5-4-6-19(2)28(18)33-27(34)17-36-29-25(16-31)24(20-7-11-22(30)12-8-20)15-26(32-29)21-9-13-23(35-3)14-10-21/h4-15H,17H2,1-3H3,(H,33,34). The zero-order valence-corrected chi connectivity index (χ0v) is 21.7. The minimum Gasteiger partial charge on any atom is -0.497 e. The number of nitrogens with one attached hydrogen (secondary N) is 1. The van der Waals surface area contributed by atoms with Gasteiger partial charge in [0.2, 0.25) is 5.91 Å². The van der Waals surface area contributed by atoms with E-state index in [9.17, 15) is 10.1 Å². The van der Waals surface area contributed by atoms with Crippen molar-refractivity contribution in [2.75, 3.05) is 18.2 Å².